The zero-order valence-corrected chi connectivity index (χ0v) is 10.6. The predicted molar refractivity (Wildman–Crippen MR) is 60.9 cm³/mol. The van der Waals surface area contributed by atoms with Gasteiger partial charge in [0.05, 0.1) is 6.42 Å². The fourth-order valence-electron chi connectivity index (χ4n) is 1.20. The van der Waals surface area contributed by atoms with Crippen LogP contribution < -0.4 is 5.43 Å². The summed E-state index contributed by atoms with van der Waals surface area (Å²) in [6.45, 7) is 5.79. The van der Waals surface area contributed by atoms with E-state index in [0.29, 0.717) is 0 Å². The quantitative estimate of drug-likeness (QED) is 0.700. The number of carboxylic acids is 1. The number of rotatable bonds is 4. The van der Waals surface area contributed by atoms with E-state index in [2.05, 4.69) is 5.43 Å². The van der Waals surface area contributed by atoms with Crippen molar-refractivity contribution in [2.45, 2.75) is 32.7 Å². The van der Waals surface area contributed by atoms with Crippen LogP contribution in [0.5, 0.6) is 0 Å². The van der Waals surface area contributed by atoms with E-state index in [0.717, 1.165) is 0 Å². The van der Waals surface area contributed by atoms with E-state index in [1.165, 1.54) is 9.91 Å². The maximum atomic E-state index is 11.8. The molecule has 0 saturated heterocycles. The van der Waals surface area contributed by atoms with Crippen LogP contribution in [0.15, 0.2) is 0 Å². The summed E-state index contributed by atoms with van der Waals surface area (Å²) in [5.41, 5.74) is 2.19. The summed E-state index contributed by atoms with van der Waals surface area (Å²) in [5, 5.41) is 10.2. The first kappa shape index (κ1) is 14.7. The maximum Gasteiger partial charge on any atom is 0.332 e. The number of carboxylic acid groups (broad SMARTS) is 1. The molecule has 0 aliphatic rings. The first-order chi connectivity index (χ1) is 7.14. The van der Waals surface area contributed by atoms with Crippen molar-refractivity contribution >= 4 is 12.0 Å². The van der Waals surface area contributed by atoms with Gasteiger partial charge in [0.2, 0.25) is 0 Å². The number of amides is 2. The summed E-state index contributed by atoms with van der Waals surface area (Å²) in [5.74, 6) is -0.910. The van der Waals surface area contributed by atoms with Gasteiger partial charge in [-0.15, -0.1) is 0 Å². The molecule has 0 saturated carbocycles. The van der Waals surface area contributed by atoms with Gasteiger partial charge in [-0.3, -0.25) is 10.2 Å². The normalized spacial score (nSPS) is 11.4. The van der Waals surface area contributed by atoms with Gasteiger partial charge in [0.25, 0.3) is 0 Å². The highest BCUT2D eigenvalue weighted by Crippen LogP contribution is 2.13. The summed E-state index contributed by atoms with van der Waals surface area (Å²) < 4.78 is 0. The summed E-state index contributed by atoms with van der Waals surface area (Å²) >= 11 is 0. The topological polar surface area (TPSA) is 72.9 Å². The number of hydrogen-bond donors (Lipinski definition) is 2. The summed E-state index contributed by atoms with van der Waals surface area (Å²) in [6, 6.07) is -0.293. The average Bonchev–Trinajstić information content (AvgIpc) is 1.98. The lowest BCUT2D eigenvalue weighted by Gasteiger charge is -2.36. The van der Waals surface area contributed by atoms with Gasteiger partial charge in [0.15, 0.2) is 0 Å². The van der Waals surface area contributed by atoms with E-state index in [-0.39, 0.29) is 19.0 Å². The predicted octanol–water partition coefficient (Wildman–Crippen LogP) is 0.748. The molecule has 16 heavy (non-hydrogen) atoms. The molecular weight excluding hydrogens is 210 g/mol. The Balaban J connectivity index is 4.55. The van der Waals surface area contributed by atoms with Crippen LogP contribution in [-0.4, -0.2) is 53.2 Å². The third-order valence-corrected chi connectivity index (χ3v) is 1.92. The van der Waals surface area contributed by atoms with Crippen LogP contribution in [0, 0.1) is 0 Å². The minimum Gasteiger partial charge on any atom is -0.481 e. The van der Waals surface area contributed by atoms with Crippen LogP contribution in [0.2, 0.25) is 0 Å². The van der Waals surface area contributed by atoms with Crippen LogP contribution in [0.1, 0.15) is 27.2 Å². The van der Waals surface area contributed by atoms with Crippen LogP contribution in [-0.2, 0) is 4.79 Å². The van der Waals surface area contributed by atoms with Gasteiger partial charge in [-0.2, -0.15) is 0 Å². The Bertz CT molecular complexity index is 259. The molecule has 0 atom stereocenters. The number of carbonyl (C=O) groups is 2. The lowest BCUT2D eigenvalue weighted by Crippen LogP contribution is -2.53. The van der Waals surface area contributed by atoms with E-state index in [9.17, 15) is 9.59 Å². The lowest BCUT2D eigenvalue weighted by atomic mass is 10.1. The highest BCUT2D eigenvalue weighted by molar-refractivity contribution is 5.75. The molecule has 0 radical (unpaired) electrons. The minimum absolute atomic E-state index is 0.0574. The Kier molecular flexibility index (Phi) is 5.23. The Morgan fingerprint density at radius 1 is 1.25 bits per heavy atom. The van der Waals surface area contributed by atoms with Gasteiger partial charge >= 0.3 is 12.0 Å². The van der Waals surface area contributed by atoms with Crippen molar-refractivity contribution in [1.29, 1.82) is 0 Å². The Labute approximate surface area is 96.2 Å². The Morgan fingerprint density at radius 2 is 1.75 bits per heavy atom. The largest absolute Gasteiger partial charge is 0.481 e. The lowest BCUT2D eigenvalue weighted by molar-refractivity contribution is -0.137. The highest BCUT2D eigenvalue weighted by atomic mass is 16.4. The monoisotopic (exact) mass is 231 g/mol. The van der Waals surface area contributed by atoms with Crippen molar-refractivity contribution in [2.24, 2.45) is 0 Å². The molecule has 0 bridgehead atoms. The Morgan fingerprint density at radius 3 is 2.06 bits per heavy atom. The molecule has 0 aromatic carbocycles. The number of hydrogen-bond acceptors (Lipinski definition) is 3. The molecule has 0 rings (SSSR count). The molecule has 0 aromatic heterocycles. The zero-order chi connectivity index (χ0) is 12.9. The molecule has 94 valence electrons. The molecular formula is C10H21N3O3. The number of nitrogens with one attached hydrogen (secondary N) is 1. The maximum absolute atomic E-state index is 11.8. The summed E-state index contributed by atoms with van der Waals surface area (Å²) in [7, 11) is 3.41. The van der Waals surface area contributed by atoms with Gasteiger partial charge in [0, 0.05) is 26.2 Å². The van der Waals surface area contributed by atoms with Crippen molar-refractivity contribution in [1.82, 2.24) is 15.3 Å². The Hall–Kier alpha value is -1.30. The second kappa shape index (κ2) is 5.69. The molecule has 0 aromatic rings. The number of urea groups is 1. The first-order valence-corrected chi connectivity index (χ1v) is 5.12. The molecule has 0 aliphatic carbocycles. The first-order valence-electron chi connectivity index (χ1n) is 5.12. The highest BCUT2D eigenvalue weighted by Gasteiger charge is 2.26. The number of nitrogens with zero attached hydrogens (tertiary/aromatic N) is 2. The zero-order valence-electron chi connectivity index (χ0n) is 10.6. The van der Waals surface area contributed by atoms with Gasteiger partial charge in [-0.05, 0) is 20.8 Å². The number of hydrazine groups is 1. The third-order valence-electron chi connectivity index (χ3n) is 1.92. The molecule has 0 fully saturated rings. The van der Waals surface area contributed by atoms with Gasteiger partial charge in [-0.25, -0.2) is 9.80 Å². The fraction of sp³-hybridized carbons (Fsp3) is 0.800. The van der Waals surface area contributed by atoms with Gasteiger partial charge < -0.3 is 10.0 Å². The van der Waals surface area contributed by atoms with Crippen LogP contribution >= 0.6 is 0 Å². The molecule has 0 aliphatic heterocycles. The molecule has 2 amide bonds. The van der Waals surface area contributed by atoms with E-state index in [1.807, 2.05) is 20.8 Å². The summed E-state index contributed by atoms with van der Waals surface area (Å²) in [6.07, 6.45) is -0.0574. The van der Waals surface area contributed by atoms with Crippen molar-refractivity contribution in [3.05, 3.63) is 0 Å². The van der Waals surface area contributed by atoms with Crippen LogP contribution in [0.3, 0.4) is 0 Å². The summed E-state index contributed by atoms with van der Waals surface area (Å²) in [4.78, 5) is 23.8. The fourth-order valence-corrected chi connectivity index (χ4v) is 1.20. The molecule has 6 heteroatoms. The second-order valence-electron chi connectivity index (χ2n) is 4.78. The van der Waals surface area contributed by atoms with Crippen molar-refractivity contribution in [2.75, 3.05) is 20.6 Å². The second-order valence-corrected chi connectivity index (χ2v) is 4.78. The van der Waals surface area contributed by atoms with Crippen LogP contribution in [0.4, 0.5) is 4.79 Å². The molecule has 2 N–H and O–H groups in total. The molecule has 6 nitrogen and oxygen atoms in total. The van der Waals surface area contributed by atoms with Crippen molar-refractivity contribution in [3.8, 4) is 0 Å². The number of aliphatic carboxylic acids is 1. The van der Waals surface area contributed by atoms with Crippen molar-refractivity contribution < 1.29 is 14.7 Å². The SMILES string of the molecule is CN(C)NC(=O)N(CCC(=O)O)C(C)(C)C. The number of carbonyl (C=O) groups excluding carboxylic acids is 1. The smallest absolute Gasteiger partial charge is 0.332 e. The van der Waals surface area contributed by atoms with Crippen LogP contribution in [0.25, 0.3) is 0 Å². The standard InChI is InChI=1S/C10H21N3O3/c1-10(2,3)13(7-6-8(14)15)9(16)11-12(4)5/h6-7H2,1-5H3,(H,11,16)(H,14,15). The van der Waals surface area contributed by atoms with Crippen molar-refractivity contribution in [3.63, 3.8) is 0 Å². The average molecular weight is 231 g/mol. The van der Waals surface area contributed by atoms with E-state index in [1.54, 1.807) is 14.1 Å². The van der Waals surface area contributed by atoms with E-state index < -0.39 is 11.5 Å². The molecule has 0 spiro atoms. The van der Waals surface area contributed by atoms with E-state index >= 15 is 0 Å². The van der Waals surface area contributed by atoms with E-state index in [4.69, 9.17) is 5.11 Å². The third kappa shape index (κ3) is 5.55. The minimum atomic E-state index is -0.910. The van der Waals surface area contributed by atoms with Gasteiger partial charge in [0.1, 0.15) is 0 Å². The molecule has 0 unspecified atom stereocenters. The van der Waals surface area contributed by atoms with Gasteiger partial charge in [-0.1, -0.05) is 0 Å². The molecule has 0 heterocycles.